The molecule has 0 bridgehead atoms. The van der Waals surface area contributed by atoms with E-state index in [1.807, 2.05) is 0 Å². The maximum absolute atomic E-state index is 12.7. The second-order valence-electron chi connectivity index (χ2n) is 7.25. The number of hydrogen-bond acceptors (Lipinski definition) is 5. The van der Waals surface area contributed by atoms with Gasteiger partial charge >= 0.3 is 0 Å². The first-order valence-electron chi connectivity index (χ1n) is 8.44. The normalized spacial score (nSPS) is 11.7. The number of nitrogens with zero attached hydrogens (tertiary/aromatic N) is 1. The molecule has 0 unspecified atom stereocenters. The summed E-state index contributed by atoms with van der Waals surface area (Å²) < 4.78 is 28.1. The second kappa shape index (κ2) is 7.91. The van der Waals surface area contributed by atoms with Crippen molar-refractivity contribution in [3.63, 3.8) is 0 Å². The van der Waals surface area contributed by atoms with E-state index in [-0.39, 0.29) is 17.2 Å². The molecule has 0 spiro atoms. The van der Waals surface area contributed by atoms with Gasteiger partial charge in [0.25, 0.3) is 0 Å². The average molecular weight is 385 g/mol. The molecule has 0 aliphatic carbocycles. The number of hydrogen-bond donors (Lipinski definition) is 2. The van der Waals surface area contributed by atoms with Crippen LogP contribution in [0.1, 0.15) is 49.2 Å². The molecule has 0 atom stereocenters. The molecule has 142 valence electrons. The zero-order valence-corrected chi connectivity index (χ0v) is 16.6. The molecule has 0 amide bonds. The van der Waals surface area contributed by atoms with Crippen LogP contribution in [0, 0.1) is 11.3 Å². The number of anilines is 1. The summed E-state index contributed by atoms with van der Waals surface area (Å²) in [6.07, 6.45) is 0. The fraction of sp³-hybridized carbons (Fsp3) is 0.300. The second-order valence-corrected chi connectivity index (χ2v) is 8.90. The van der Waals surface area contributed by atoms with E-state index in [0.29, 0.717) is 22.4 Å². The summed E-state index contributed by atoms with van der Waals surface area (Å²) in [5, 5.41) is 12.4. The Morgan fingerprint density at radius 1 is 1.15 bits per heavy atom. The summed E-state index contributed by atoms with van der Waals surface area (Å²) in [6.45, 7) is 6.97. The third kappa shape index (κ3) is 5.39. The largest absolute Gasteiger partial charge is 0.380 e. The van der Waals surface area contributed by atoms with E-state index < -0.39 is 15.6 Å². The SMILES string of the molecule is CC(=O)c1ccc(C#N)c(NCc2ccccc2S(=O)(=O)NC(C)(C)C)c1. The Morgan fingerprint density at radius 3 is 2.41 bits per heavy atom. The molecule has 0 aromatic heterocycles. The van der Waals surface area contributed by atoms with Crippen LogP contribution in [0.15, 0.2) is 47.4 Å². The van der Waals surface area contributed by atoms with E-state index in [0.717, 1.165) is 0 Å². The zero-order chi connectivity index (χ0) is 20.2. The van der Waals surface area contributed by atoms with Gasteiger partial charge < -0.3 is 5.32 Å². The molecule has 0 aliphatic heterocycles. The van der Waals surface area contributed by atoms with Crippen molar-refractivity contribution in [3.05, 3.63) is 59.2 Å². The molecule has 2 aromatic rings. The van der Waals surface area contributed by atoms with E-state index in [1.165, 1.54) is 6.92 Å². The molecule has 7 heteroatoms. The molecule has 6 nitrogen and oxygen atoms in total. The summed E-state index contributed by atoms with van der Waals surface area (Å²) in [7, 11) is -3.70. The van der Waals surface area contributed by atoms with Gasteiger partial charge in [-0.3, -0.25) is 4.79 Å². The smallest absolute Gasteiger partial charge is 0.241 e. The molecular formula is C20H23N3O3S. The molecule has 2 N–H and O–H groups in total. The van der Waals surface area contributed by atoms with Gasteiger partial charge in [-0.05, 0) is 57.5 Å². The minimum absolute atomic E-state index is 0.111. The number of ketones is 1. The highest BCUT2D eigenvalue weighted by atomic mass is 32.2. The number of carbonyl (C=O) groups excluding carboxylic acids is 1. The molecular weight excluding hydrogens is 362 g/mol. The highest BCUT2D eigenvalue weighted by Gasteiger charge is 2.24. The Balaban J connectivity index is 2.35. The molecule has 0 fully saturated rings. The van der Waals surface area contributed by atoms with Crippen LogP contribution in [0.4, 0.5) is 5.69 Å². The van der Waals surface area contributed by atoms with Crippen molar-refractivity contribution in [1.29, 1.82) is 5.26 Å². The van der Waals surface area contributed by atoms with Crippen molar-refractivity contribution in [2.45, 2.75) is 44.7 Å². The molecule has 2 aromatic carbocycles. The first-order valence-corrected chi connectivity index (χ1v) is 9.92. The van der Waals surface area contributed by atoms with Crippen molar-refractivity contribution in [3.8, 4) is 6.07 Å². The number of rotatable bonds is 6. The van der Waals surface area contributed by atoms with E-state index in [1.54, 1.807) is 63.2 Å². The topological polar surface area (TPSA) is 99.1 Å². The van der Waals surface area contributed by atoms with Crippen LogP contribution in [0.5, 0.6) is 0 Å². The lowest BCUT2D eigenvalue weighted by Crippen LogP contribution is -2.40. The van der Waals surface area contributed by atoms with E-state index in [9.17, 15) is 18.5 Å². The van der Waals surface area contributed by atoms with Crippen molar-refractivity contribution in [2.75, 3.05) is 5.32 Å². The first kappa shape index (κ1) is 20.6. The predicted octanol–water partition coefficient (Wildman–Crippen LogP) is 3.45. The standard InChI is InChI=1S/C20H23N3O3S/c1-14(24)15-9-10-16(12-21)18(11-15)22-13-17-7-5-6-8-19(17)27(25,26)23-20(2,3)4/h5-11,22-23H,13H2,1-4H3. The minimum Gasteiger partial charge on any atom is -0.380 e. The zero-order valence-electron chi connectivity index (χ0n) is 15.8. The van der Waals surface area contributed by atoms with E-state index in [4.69, 9.17) is 0 Å². The number of sulfonamides is 1. The third-order valence-corrected chi connectivity index (χ3v) is 5.58. The molecule has 27 heavy (non-hydrogen) atoms. The van der Waals surface area contributed by atoms with Gasteiger partial charge in [0.1, 0.15) is 6.07 Å². The third-order valence-electron chi connectivity index (χ3n) is 3.72. The van der Waals surface area contributed by atoms with E-state index in [2.05, 4.69) is 16.1 Å². The van der Waals surface area contributed by atoms with Crippen LogP contribution in [0.25, 0.3) is 0 Å². The molecule has 0 heterocycles. The first-order chi connectivity index (χ1) is 12.5. The van der Waals surface area contributed by atoms with Gasteiger partial charge in [0.15, 0.2) is 5.78 Å². The lowest BCUT2D eigenvalue weighted by Gasteiger charge is -2.22. The number of carbonyl (C=O) groups is 1. The predicted molar refractivity (Wildman–Crippen MR) is 105 cm³/mol. The van der Waals surface area contributed by atoms with Crippen LogP contribution in [-0.2, 0) is 16.6 Å². The number of nitrogens with one attached hydrogen (secondary N) is 2. The van der Waals surface area contributed by atoms with Gasteiger partial charge in [0.2, 0.25) is 10.0 Å². The minimum atomic E-state index is -3.70. The molecule has 2 rings (SSSR count). The molecule has 0 radical (unpaired) electrons. The van der Waals surface area contributed by atoms with Crippen LogP contribution >= 0.6 is 0 Å². The Kier molecular flexibility index (Phi) is 6.04. The van der Waals surface area contributed by atoms with Crippen molar-refractivity contribution >= 4 is 21.5 Å². The lowest BCUT2D eigenvalue weighted by atomic mass is 10.1. The highest BCUT2D eigenvalue weighted by molar-refractivity contribution is 7.89. The van der Waals surface area contributed by atoms with Gasteiger partial charge in [0, 0.05) is 17.6 Å². The van der Waals surface area contributed by atoms with Crippen molar-refractivity contribution < 1.29 is 13.2 Å². The Bertz CT molecular complexity index is 1000. The fourth-order valence-corrected chi connectivity index (χ4v) is 4.23. The lowest BCUT2D eigenvalue weighted by molar-refractivity contribution is 0.101. The van der Waals surface area contributed by atoms with Gasteiger partial charge in [0.05, 0.1) is 16.1 Å². The maximum atomic E-state index is 12.7. The summed E-state index contributed by atoms with van der Waals surface area (Å²) >= 11 is 0. The quantitative estimate of drug-likeness (QED) is 0.742. The van der Waals surface area contributed by atoms with Gasteiger partial charge in [-0.1, -0.05) is 18.2 Å². The molecule has 0 aliphatic rings. The Labute approximate surface area is 160 Å². The van der Waals surface area contributed by atoms with Gasteiger partial charge in [-0.25, -0.2) is 13.1 Å². The Morgan fingerprint density at radius 2 is 1.81 bits per heavy atom. The molecule has 0 saturated heterocycles. The molecule has 0 saturated carbocycles. The maximum Gasteiger partial charge on any atom is 0.241 e. The summed E-state index contributed by atoms with van der Waals surface area (Å²) in [5.41, 5.74) is 1.30. The number of benzene rings is 2. The van der Waals surface area contributed by atoms with Crippen molar-refractivity contribution in [1.82, 2.24) is 4.72 Å². The summed E-state index contributed by atoms with van der Waals surface area (Å²) in [5.74, 6) is -0.111. The van der Waals surface area contributed by atoms with Crippen LogP contribution in [0.2, 0.25) is 0 Å². The average Bonchev–Trinajstić information content (AvgIpc) is 2.57. The van der Waals surface area contributed by atoms with E-state index >= 15 is 0 Å². The summed E-state index contributed by atoms with van der Waals surface area (Å²) in [6, 6.07) is 13.5. The number of Topliss-reactive ketones (excluding diaryl/α,β-unsaturated/α-hetero) is 1. The monoisotopic (exact) mass is 385 g/mol. The van der Waals surface area contributed by atoms with Gasteiger partial charge in [-0.15, -0.1) is 0 Å². The fourth-order valence-electron chi connectivity index (χ4n) is 2.57. The Hall–Kier alpha value is -2.69. The van der Waals surface area contributed by atoms with Crippen LogP contribution < -0.4 is 10.0 Å². The van der Waals surface area contributed by atoms with Gasteiger partial charge in [-0.2, -0.15) is 5.26 Å². The van der Waals surface area contributed by atoms with Crippen molar-refractivity contribution in [2.24, 2.45) is 0 Å². The van der Waals surface area contributed by atoms with Crippen LogP contribution in [0.3, 0.4) is 0 Å². The number of nitriles is 1. The highest BCUT2D eigenvalue weighted by Crippen LogP contribution is 2.22. The van der Waals surface area contributed by atoms with Crippen LogP contribution in [-0.4, -0.2) is 19.7 Å². The summed E-state index contributed by atoms with van der Waals surface area (Å²) in [4.78, 5) is 11.8.